The van der Waals surface area contributed by atoms with Crippen LogP contribution in [0.4, 0.5) is 24.8 Å². The lowest BCUT2D eigenvalue weighted by molar-refractivity contribution is -0.144. The zero-order valence-electron chi connectivity index (χ0n) is 21.9. The first-order valence-electron chi connectivity index (χ1n) is 13.9. The number of rotatable bonds is 5. The lowest BCUT2D eigenvalue weighted by Gasteiger charge is -2.53. The number of piperazine rings is 1. The van der Waals surface area contributed by atoms with Gasteiger partial charge >= 0.3 is 6.18 Å². The van der Waals surface area contributed by atoms with Gasteiger partial charge in [-0.1, -0.05) is 0 Å². The summed E-state index contributed by atoms with van der Waals surface area (Å²) >= 11 is 0. The number of hydrogen-bond acceptors (Lipinski definition) is 8. The van der Waals surface area contributed by atoms with Crippen molar-refractivity contribution in [3.05, 3.63) is 29.3 Å². The highest BCUT2D eigenvalue weighted by atomic mass is 19.4. The van der Waals surface area contributed by atoms with E-state index < -0.39 is 12.0 Å². The highest BCUT2D eigenvalue weighted by molar-refractivity contribution is 5.56. The van der Waals surface area contributed by atoms with E-state index in [1.54, 1.807) is 6.07 Å². The third kappa shape index (κ3) is 4.06. The number of aryl methyl sites for hydroxylation is 1. The van der Waals surface area contributed by atoms with Gasteiger partial charge in [-0.25, -0.2) is 9.97 Å². The molecule has 7 rings (SSSR count). The number of anilines is 2. The van der Waals surface area contributed by atoms with Gasteiger partial charge in [-0.15, -0.1) is 0 Å². The van der Waals surface area contributed by atoms with Crippen LogP contribution in [0.5, 0.6) is 0 Å². The molecular formula is C26H35F3N8O. The van der Waals surface area contributed by atoms with E-state index >= 15 is 0 Å². The van der Waals surface area contributed by atoms with Crippen LogP contribution in [-0.2, 0) is 10.9 Å². The van der Waals surface area contributed by atoms with E-state index in [2.05, 4.69) is 48.7 Å². The summed E-state index contributed by atoms with van der Waals surface area (Å²) < 4.78 is 49.3. The SMILES string of the molecule is Cc1cnn(C2COC2)c1[C@H]1CCN(c2cc(N3C[C@@H](N4CCNCC4)[C@H]3C)nc(C(F)(F)F)n2)[C@H]2C[C@@H]12. The predicted molar refractivity (Wildman–Crippen MR) is 135 cm³/mol. The van der Waals surface area contributed by atoms with Crippen molar-refractivity contribution in [1.82, 2.24) is 30.0 Å². The lowest BCUT2D eigenvalue weighted by Crippen LogP contribution is -2.68. The fourth-order valence-electron chi connectivity index (χ4n) is 7.02. The molecule has 1 aliphatic carbocycles. The molecule has 0 aromatic carbocycles. The maximum absolute atomic E-state index is 13.9. The molecule has 38 heavy (non-hydrogen) atoms. The molecule has 12 heteroatoms. The van der Waals surface area contributed by atoms with Crippen molar-refractivity contribution < 1.29 is 17.9 Å². The van der Waals surface area contributed by atoms with E-state index in [0.29, 0.717) is 55.8 Å². The molecule has 1 saturated carbocycles. The van der Waals surface area contributed by atoms with Gasteiger partial charge in [0.25, 0.3) is 0 Å². The maximum Gasteiger partial charge on any atom is 0.451 e. The first-order chi connectivity index (χ1) is 18.3. The Morgan fingerprint density at radius 3 is 2.42 bits per heavy atom. The fraction of sp³-hybridized carbons (Fsp3) is 0.731. The number of nitrogens with zero attached hydrogens (tertiary/aromatic N) is 7. The smallest absolute Gasteiger partial charge is 0.377 e. The van der Waals surface area contributed by atoms with Crippen molar-refractivity contribution in [3.63, 3.8) is 0 Å². The Morgan fingerprint density at radius 2 is 1.76 bits per heavy atom. The summed E-state index contributed by atoms with van der Waals surface area (Å²) in [6.07, 6.45) is -0.826. The molecule has 5 atom stereocenters. The van der Waals surface area contributed by atoms with E-state index in [4.69, 9.17) is 4.74 Å². The molecular weight excluding hydrogens is 497 g/mol. The summed E-state index contributed by atoms with van der Waals surface area (Å²) in [5.41, 5.74) is 2.47. The monoisotopic (exact) mass is 532 g/mol. The van der Waals surface area contributed by atoms with E-state index in [1.807, 2.05) is 11.1 Å². The highest BCUT2D eigenvalue weighted by Gasteiger charge is 2.53. The van der Waals surface area contributed by atoms with Gasteiger partial charge < -0.3 is 19.9 Å². The van der Waals surface area contributed by atoms with Crippen molar-refractivity contribution in [2.24, 2.45) is 5.92 Å². The minimum Gasteiger partial charge on any atom is -0.377 e. The van der Waals surface area contributed by atoms with Gasteiger partial charge in [0, 0.05) is 75.1 Å². The predicted octanol–water partition coefficient (Wildman–Crippen LogP) is 2.44. The van der Waals surface area contributed by atoms with E-state index in [-0.39, 0.29) is 18.1 Å². The van der Waals surface area contributed by atoms with Crippen molar-refractivity contribution in [3.8, 4) is 0 Å². The molecule has 2 aromatic heterocycles. The fourth-order valence-corrected chi connectivity index (χ4v) is 7.02. The molecule has 4 saturated heterocycles. The maximum atomic E-state index is 13.9. The second-order valence-corrected chi connectivity index (χ2v) is 11.6. The van der Waals surface area contributed by atoms with Gasteiger partial charge in [-0.05, 0) is 38.2 Å². The van der Waals surface area contributed by atoms with Gasteiger partial charge in [0.2, 0.25) is 5.82 Å². The van der Waals surface area contributed by atoms with Crippen molar-refractivity contribution in [1.29, 1.82) is 0 Å². The van der Waals surface area contributed by atoms with Crippen LogP contribution < -0.4 is 15.1 Å². The second kappa shape index (κ2) is 9.06. The number of nitrogens with one attached hydrogen (secondary N) is 1. The molecule has 6 heterocycles. The third-order valence-corrected chi connectivity index (χ3v) is 9.34. The van der Waals surface area contributed by atoms with E-state index in [1.165, 1.54) is 11.3 Å². The number of halogens is 3. The Hall–Kier alpha value is -2.44. The second-order valence-electron chi connectivity index (χ2n) is 11.6. The minimum absolute atomic E-state index is 0.107. The lowest BCUT2D eigenvalue weighted by atomic mass is 9.90. The standard InChI is InChI=1S/C26H35F3N8O/c1-15-11-31-37(17-13-38-14-17)24(15)18-3-6-35(20-9-19(18)20)22-10-23(33-25(32-22)26(27,28)29)36-12-21(16(36)2)34-7-4-30-5-8-34/h10-11,16-21,30H,3-9,12-14H2,1-2H3/t16-,18+,19+,20+,21-/m1/s1. The summed E-state index contributed by atoms with van der Waals surface area (Å²) in [6, 6.07) is 2.71. The molecule has 5 aliphatic rings. The van der Waals surface area contributed by atoms with Gasteiger partial charge in [0.15, 0.2) is 0 Å². The minimum atomic E-state index is -4.59. The van der Waals surface area contributed by atoms with Crippen molar-refractivity contribution in [2.45, 2.75) is 63.0 Å². The molecule has 0 radical (unpaired) electrons. The largest absolute Gasteiger partial charge is 0.451 e. The molecule has 1 N–H and O–H groups in total. The average molecular weight is 533 g/mol. The van der Waals surface area contributed by atoms with Gasteiger partial charge in [0.05, 0.1) is 25.5 Å². The molecule has 0 bridgehead atoms. The quantitative estimate of drug-likeness (QED) is 0.630. The zero-order chi connectivity index (χ0) is 26.2. The van der Waals surface area contributed by atoms with Crippen LogP contribution in [0, 0.1) is 12.8 Å². The van der Waals surface area contributed by atoms with Gasteiger partial charge in [0.1, 0.15) is 11.6 Å². The summed E-state index contributed by atoms with van der Waals surface area (Å²) in [5, 5.41) is 8.00. The Kier molecular flexibility index (Phi) is 5.86. The Morgan fingerprint density at radius 1 is 1.03 bits per heavy atom. The van der Waals surface area contributed by atoms with Crippen LogP contribution in [0.3, 0.4) is 0 Å². The molecule has 0 spiro atoms. The molecule has 4 aliphatic heterocycles. The van der Waals surface area contributed by atoms with Crippen LogP contribution in [0.15, 0.2) is 12.3 Å². The van der Waals surface area contributed by atoms with Crippen LogP contribution >= 0.6 is 0 Å². The number of hydrogen-bond donors (Lipinski definition) is 1. The van der Waals surface area contributed by atoms with Crippen LogP contribution in [0.2, 0.25) is 0 Å². The van der Waals surface area contributed by atoms with Crippen molar-refractivity contribution >= 4 is 11.6 Å². The number of ether oxygens (including phenoxy) is 1. The number of piperidine rings is 1. The third-order valence-electron chi connectivity index (χ3n) is 9.34. The molecule has 5 fully saturated rings. The Balaban J connectivity index is 1.12. The summed E-state index contributed by atoms with van der Waals surface area (Å²) in [4.78, 5) is 14.6. The first-order valence-corrected chi connectivity index (χ1v) is 13.9. The first kappa shape index (κ1) is 24.6. The number of fused-ring (bicyclic) bond motifs is 1. The molecule has 2 aromatic rings. The molecule has 0 amide bonds. The van der Waals surface area contributed by atoms with Crippen LogP contribution in [0.25, 0.3) is 0 Å². The number of alkyl halides is 3. The van der Waals surface area contributed by atoms with Gasteiger partial charge in [-0.2, -0.15) is 18.3 Å². The average Bonchev–Trinajstić information content (AvgIpc) is 3.59. The summed E-state index contributed by atoms with van der Waals surface area (Å²) in [7, 11) is 0. The molecule has 9 nitrogen and oxygen atoms in total. The number of aromatic nitrogens is 4. The van der Waals surface area contributed by atoms with Crippen LogP contribution in [-0.4, -0.2) is 95.3 Å². The Labute approximate surface area is 220 Å². The van der Waals surface area contributed by atoms with E-state index in [9.17, 15) is 13.2 Å². The van der Waals surface area contributed by atoms with Crippen LogP contribution in [0.1, 0.15) is 48.8 Å². The molecule has 206 valence electrons. The summed E-state index contributed by atoms with van der Waals surface area (Å²) in [5.74, 6) is 0.508. The van der Waals surface area contributed by atoms with Crippen molar-refractivity contribution in [2.75, 3.05) is 62.3 Å². The molecule has 0 unspecified atom stereocenters. The summed E-state index contributed by atoms with van der Waals surface area (Å²) in [6.45, 7) is 10.8. The Bertz CT molecular complexity index is 1190. The normalized spacial score (nSPS) is 32.1. The van der Waals surface area contributed by atoms with E-state index in [0.717, 1.165) is 39.0 Å². The topological polar surface area (TPSA) is 74.6 Å². The highest BCUT2D eigenvalue weighted by Crippen LogP contribution is 2.53. The zero-order valence-corrected chi connectivity index (χ0v) is 21.9. The van der Waals surface area contributed by atoms with Gasteiger partial charge in [-0.3, -0.25) is 9.58 Å².